The molecule has 0 aromatic rings. The molecule has 86 valence electrons. The topological polar surface area (TPSA) is 49.4 Å². The Balaban J connectivity index is 2.56. The molecule has 0 aliphatic carbocycles. The fourth-order valence-electron chi connectivity index (χ4n) is 1.91. The van der Waals surface area contributed by atoms with E-state index >= 15 is 0 Å². The van der Waals surface area contributed by atoms with Crippen molar-refractivity contribution >= 4 is 11.7 Å². The number of ketones is 1. The van der Waals surface area contributed by atoms with Gasteiger partial charge in [0.25, 0.3) is 0 Å². The smallest absolute Gasteiger partial charge is 0.237 e. The fourth-order valence-corrected chi connectivity index (χ4v) is 1.91. The highest BCUT2D eigenvalue weighted by Crippen LogP contribution is 2.12. The Bertz CT molecular complexity index is 253. The molecule has 1 saturated heterocycles. The Morgan fingerprint density at radius 2 is 2.27 bits per heavy atom. The van der Waals surface area contributed by atoms with E-state index in [1.54, 1.807) is 0 Å². The van der Waals surface area contributed by atoms with Crippen molar-refractivity contribution in [3.05, 3.63) is 0 Å². The molecule has 1 aliphatic rings. The van der Waals surface area contributed by atoms with Crippen molar-refractivity contribution in [1.82, 2.24) is 10.2 Å². The minimum absolute atomic E-state index is 0.00241. The Hall–Kier alpha value is -0.900. The maximum absolute atomic E-state index is 11.7. The van der Waals surface area contributed by atoms with Gasteiger partial charge >= 0.3 is 0 Å². The Kier molecular flexibility index (Phi) is 4.27. The minimum atomic E-state index is -0.319. The van der Waals surface area contributed by atoms with Gasteiger partial charge in [-0.25, -0.2) is 0 Å². The largest absolute Gasteiger partial charge is 0.344 e. The number of amides is 1. The number of nitrogens with one attached hydrogen (secondary N) is 1. The molecule has 2 atom stereocenters. The highest BCUT2D eigenvalue weighted by Gasteiger charge is 2.33. The third kappa shape index (κ3) is 3.02. The molecule has 0 bridgehead atoms. The molecule has 4 nitrogen and oxygen atoms in total. The Morgan fingerprint density at radius 1 is 1.60 bits per heavy atom. The van der Waals surface area contributed by atoms with E-state index in [1.165, 1.54) is 6.92 Å². The average Bonchev–Trinajstić information content (AvgIpc) is 2.16. The molecule has 0 aromatic carbocycles. The van der Waals surface area contributed by atoms with E-state index in [1.807, 2.05) is 11.9 Å². The summed E-state index contributed by atoms with van der Waals surface area (Å²) in [7, 11) is 1.91. The quantitative estimate of drug-likeness (QED) is 0.741. The van der Waals surface area contributed by atoms with Crippen LogP contribution in [-0.4, -0.2) is 42.3 Å². The molecule has 1 rings (SSSR count). The van der Waals surface area contributed by atoms with Crippen LogP contribution in [0.3, 0.4) is 0 Å². The lowest BCUT2D eigenvalue weighted by molar-refractivity contribution is -0.135. The Labute approximate surface area is 91.0 Å². The Morgan fingerprint density at radius 3 is 2.73 bits per heavy atom. The van der Waals surface area contributed by atoms with Gasteiger partial charge in [0.1, 0.15) is 0 Å². The van der Waals surface area contributed by atoms with Gasteiger partial charge in [-0.05, 0) is 20.4 Å². The summed E-state index contributed by atoms with van der Waals surface area (Å²) >= 11 is 0. The number of likely N-dealkylation sites (N-methyl/N-ethyl adjacent to an activating group) is 1. The molecule has 1 fully saturated rings. The average molecular weight is 212 g/mol. The molecule has 1 heterocycles. The van der Waals surface area contributed by atoms with Gasteiger partial charge in [-0.15, -0.1) is 0 Å². The lowest BCUT2D eigenvalue weighted by atomic mass is 10.0. The molecular weight excluding hydrogens is 192 g/mol. The SMILES string of the molecule is CCCC[C@H]1C(=O)N[C@@H](C(C)=O)CN1C. The third-order valence-corrected chi connectivity index (χ3v) is 2.94. The van der Waals surface area contributed by atoms with Crippen molar-refractivity contribution in [3.8, 4) is 0 Å². The van der Waals surface area contributed by atoms with Gasteiger partial charge in [-0.3, -0.25) is 14.5 Å². The molecule has 0 aromatic heterocycles. The number of carbonyl (C=O) groups excluding carboxylic acids is 2. The van der Waals surface area contributed by atoms with Crippen LogP contribution in [-0.2, 0) is 9.59 Å². The van der Waals surface area contributed by atoms with Crippen LogP contribution in [0.15, 0.2) is 0 Å². The second-order valence-electron chi connectivity index (χ2n) is 4.27. The minimum Gasteiger partial charge on any atom is -0.344 e. The van der Waals surface area contributed by atoms with Crippen LogP contribution in [0.2, 0.25) is 0 Å². The zero-order chi connectivity index (χ0) is 11.4. The van der Waals surface area contributed by atoms with Gasteiger partial charge in [0.15, 0.2) is 5.78 Å². The standard InChI is InChI=1S/C11H20N2O2/c1-4-5-6-10-11(15)12-9(8(2)14)7-13(10)3/h9-10H,4-7H2,1-3H3,(H,12,15)/t9-,10+/m1/s1. The first-order valence-electron chi connectivity index (χ1n) is 5.57. The highest BCUT2D eigenvalue weighted by atomic mass is 16.2. The number of hydrogen-bond donors (Lipinski definition) is 1. The highest BCUT2D eigenvalue weighted by molar-refractivity contribution is 5.91. The van der Waals surface area contributed by atoms with Gasteiger partial charge in [0, 0.05) is 6.54 Å². The second kappa shape index (κ2) is 5.26. The van der Waals surface area contributed by atoms with E-state index in [9.17, 15) is 9.59 Å². The fraction of sp³-hybridized carbons (Fsp3) is 0.818. The van der Waals surface area contributed by atoms with Gasteiger partial charge in [-0.2, -0.15) is 0 Å². The molecule has 0 radical (unpaired) electrons. The van der Waals surface area contributed by atoms with E-state index in [0.717, 1.165) is 19.3 Å². The van der Waals surface area contributed by atoms with E-state index in [0.29, 0.717) is 6.54 Å². The first-order valence-corrected chi connectivity index (χ1v) is 5.57. The summed E-state index contributed by atoms with van der Waals surface area (Å²) in [5.74, 6) is 0.0292. The number of unbranched alkanes of at least 4 members (excludes halogenated alkanes) is 1. The molecule has 0 spiro atoms. The third-order valence-electron chi connectivity index (χ3n) is 2.94. The summed E-state index contributed by atoms with van der Waals surface area (Å²) in [6.45, 7) is 4.26. The van der Waals surface area contributed by atoms with Crippen molar-refractivity contribution in [2.45, 2.75) is 45.2 Å². The number of piperazine rings is 1. The summed E-state index contributed by atoms with van der Waals surface area (Å²) < 4.78 is 0. The van der Waals surface area contributed by atoms with Crippen molar-refractivity contribution < 1.29 is 9.59 Å². The molecule has 0 unspecified atom stereocenters. The number of nitrogens with zero attached hydrogens (tertiary/aromatic N) is 1. The predicted octanol–water partition coefficient (Wildman–Crippen LogP) is 0.564. The van der Waals surface area contributed by atoms with Gasteiger partial charge in [0.2, 0.25) is 5.91 Å². The number of rotatable bonds is 4. The molecular formula is C11H20N2O2. The monoisotopic (exact) mass is 212 g/mol. The van der Waals surface area contributed by atoms with E-state index in [2.05, 4.69) is 12.2 Å². The molecule has 1 N–H and O–H groups in total. The van der Waals surface area contributed by atoms with Crippen molar-refractivity contribution in [1.29, 1.82) is 0 Å². The van der Waals surface area contributed by atoms with Crippen LogP contribution < -0.4 is 5.32 Å². The van der Waals surface area contributed by atoms with Crippen LogP contribution in [0.5, 0.6) is 0 Å². The molecule has 0 saturated carbocycles. The first kappa shape index (κ1) is 12.2. The van der Waals surface area contributed by atoms with Crippen LogP contribution >= 0.6 is 0 Å². The zero-order valence-electron chi connectivity index (χ0n) is 9.75. The number of Topliss-reactive ketones (excluding diaryl/α,β-unsaturated/α-hetero) is 1. The number of hydrogen-bond acceptors (Lipinski definition) is 3. The van der Waals surface area contributed by atoms with E-state index < -0.39 is 0 Å². The van der Waals surface area contributed by atoms with Gasteiger partial charge in [-0.1, -0.05) is 19.8 Å². The lowest BCUT2D eigenvalue weighted by Gasteiger charge is -2.36. The van der Waals surface area contributed by atoms with E-state index in [4.69, 9.17) is 0 Å². The molecule has 4 heteroatoms. The van der Waals surface area contributed by atoms with Crippen molar-refractivity contribution in [3.63, 3.8) is 0 Å². The summed E-state index contributed by atoms with van der Waals surface area (Å²) in [5.41, 5.74) is 0. The summed E-state index contributed by atoms with van der Waals surface area (Å²) in [5, 5.41) is 2.78. The van der Waals surface area contributed by atoms with Crippen LogP contribution in [0.25, 0.3) is 0 Å². The summed E-state index contributed by atoms with van der Waals surface area (Å²) in [6.07, 6.45) is 3.02. The first-order chi connectivity index (χ1) is 7.06. The maximum Gasteiger partial charge on any atom is 0.237 e. The molecule has 15 heavy (non-hydrogen) atoms. The second-order valence-corrected chi connectivity index (χ2v) is 4.27. The lowest BCUT2D eigenvalue weighted by Crippen LogP contribution is -2.60. The molecule has 1 aliphatic heterocycles. The van der Waals surface area contributed by atoms with Crippen LogP contribution in [0, 0.1) is 0 Å². The molecule has 1 amide bonds. The number of carbonyl (C=O) groups is 2. The van der Waals surface area contributed by atoms with Crippen LogP contribution in [0.1, 0.15) is 33.1 Å². The normalized spacial score (nSPS) is 27.5. The van der Waals surface area contributed by atoms with Gasteiger partial charge in [0.05, 0.1) is 12.1 Å². The van der Waals surface area contributed by atoms with E-state index in [-0.39, 0.29) is 23.8 Å². The zero-order valence-corrected chi connectivity index (χ0v) is 9.75. The predicted molar refractivity (Wildman–Crippen MR) is 58.6 cm³/mol. The van der Waals surface area contributed by atoms with Crippen molar-refractivity contribution in [2.75, 3.05) is 13.6 Å². The van der Waals surface area contributed by atoms with Crippen molar-refractivity contribution in [2.24, 2.45) is 0 Å². The summed E-state index contributed by atoms with van der Waals surface area (Å²) in [6, 6.07) is -0.374. The maximum atomic E-state index is 11.7. The van der Waals surface area contributed by atoms with Crippen LogP contribution in [0.4, 0.5) is 0 Å². The van der Waals surface area contributed by atoms with Gasteiger partial charge < -0.3 is 5.32 Å². The summed E-state index contributed by atoms with van der Waals surface area (Å²) in [4.78, 5) is 24.9.